The van der Waals surface area contributed by atoms with Gasteiger partial charge in [-0.25, -0.2) is 0 Å². The highest BCUT2D eigenvalue weighted by Gasteiger charge is 2.13. The molecule has 0 atom stereocenters. The number of rotatable bonds is 22. The first-order valence-corrected chi connectivity index (χ1v) is 16.5. The molecule has 49 heavy (non-hydrogen) atoms. The van der Waals surface area contributed by atoms with E-state index >= 15 is 0 Å². The summed E-state index contributed by atoms with van der Waals surface area (Å²) in [7, 11) is 1.60. The van der Waals surface area contributed by atoms with Crippen molar-refractivity contribution in [3.8, 4) is 23.0 Å². The lowest BCUT2D eigenvalue weighted by molar-refractivity contribution is 0.109. The maximum absolute atomic E-state index is 5.96. The molecule has 4 aromatic rings. The van der Waals surface area contributed by atoms with Crippen LogP contribution in [0.25, 0.3) is 0 Å². The van der Waals surface area contributed by atoms with Crippen molar-refractivity contribution >= 4 is 34.9 Å². The quantitative estimate of drug-likeness (QED) is 0.0739. The van der Waals surface area contributed by atoms with Crippen LogP contribution < -0.4 is 34.9 Å². The molecule has 13 heteroatoms. The minimum Gasteiger partial charge on any atom is -0.493 e. The van der Waals surface area contributed by atoms with Crippen molar-refractivity contribution in [2.45, 2.75) is 34.6 Å². The number of ether oxygens (including phenoxy) is 7. The third kappa shape index (κ3) is 12.0. The summed E-state index contributed by atoms with van der Waals surface area (Å²) in [5, 5.41) is 9.89. The fraction of sp³-hybridized carbons (Fsp3) is 0.417. The van der Waals surface area contributed by atoms with Gasteiger partial charge in [0.2, 0.25) is 17.8 Å². The number of aromatic nitrogens is 3. The van der Waals surface area contributed by atoms with Gasteiger partial charge in [-0.05, 0) is 70.0 Å². The smallest absolute Gasteiger partial charge is 0.233 e. The molecule has 0 bridgehead atoms. The average Bonchev–Trinajstić information content (AvgIpc) is 3.09. The first-order valence-electron chi connectivity index (χ1n) is 16.5. The van der Waals surface area contributed by atoms with Crippen molar-refractivity contribution < 1.29 is 33.2 Å². The second kappa shape index (κ2) is 19.8. The summed E-state index contributed by atoms with van der Waals surface area (Å²) in [5.41, 5.74) is 4.18. The Balaban J connectivity index is 1.61. The predicted octanol–water partition coefficient (Wildman–Crippen LogP) is 6.97. The van der Waals surface area contributed by atoms with Gasteiger partial charge in [0.1, 0.15) is 31.3 Å². The maximum Gasteiger partial charge on any atom is 0.233 e. The number of anilines is 6. The molecule has 0 aliphatic heterocycles. The van der Waals surface area contributed by atoms with E-state index in [9.17, 15) is 0 Å². The molecule has 3 aromatic carbocycles. The monoisotopic (exact) mass is 676 g/mol. The topological polar surface area (TPSA) is 139 Å². The van der Waals surface area contributed by atoms with Crippen molar-refractivity contribution in [1.82, 2.24) is 15.0 Å². The molecule has 4 rings (SSSR count). The zero-order chi connectivity index (χ0) is 34.8. The van der Waals surface area contributed by atoms with Crippen LogP contribution in [0.15, 0.2) is 54.6 Å². The number of benzene rings is 3. The molecule has 0 saturated heterocycles. The minimum absolute atomic E-state index is 0.297. The number of methoxy groups -OCH3 is 1. The third-order valence-corrected chi connectivity index (χ3v) is 7.01. The van der Waals surface area contributed by atoms with Crippen LogP contribution in [0.2, 0.25) is 0 Å². The summed E-state index contributed by atoms with van der Waals surface area (Å²) < 4.78 is 39.6. The Labute approximate surface area is 288 Å². The lowest BCUT2D eigenvalue weighted by atomic mass is 10.2. The summed E-state index contributed by atoms with van der Waals surface area (Å²) in [5.74, 6) is 3.55. The van der Waals surface area contributed by atoms with E-state index in [1.54, 1.807) is 7.11 Å². The van der Waals surface area contributed by atoms with E-state index in [0.717, 1.165) is 34.0 Å². The van der Waals surface area contributed by atoms with E-state index in [4.69, 9.17) is 33.2 Å². The summed E-state index contributed by atoms with van der Waals surface area (Å²) in [6.45, 7) is 14.5. The molecule has 0 aliphatic rings. The van der Waals surface area contributed by atoms with Crippen LogP contribution in [0.1, 0.15) is 31.9 Å². The van der Waals surface area contributed by atoms with Crippen LogP contribution >= 0.6 is 0 Å². The van der Waals surface area contributed by atoms with Gasteiger partial charge in [-0.15, -0.1) is 0 Å². The Morgan fingerprint density at radius 3 is 1.22 bits per heavy atom. The van der Waals surface area contributed by atoms with Crippen molar-refractivity contribution in [2.75, 3.05) is 82.5 Å². The van der Waals surface area contributed by atoms with Crippen LogP contribution in [-0.4, -0.2) is 81.5 Å². The van der Waals surface area contributed by atoms with E-state index in [0.29, 0.717) is 94.5 Å². The predicted molar refractivity (Wildman–Crippen MR) is 191 cm³/mol. The Morgan fingerprint density at radius 2 is 0.837 bits per heavy atom. The lowest BCUT2D eigenvalue weighted by Crippen LogP contribution is -2.09. The Kier molecular flexibility index (Phi) is 15.0. The number of hydrogen-bond acceptors (Lipinski definition) is 13. The SMILES string of the molecule is CCOCCOc1cc(Nc2nc(Nc3ccc(C)c(OCCOCC)c3)nc(Nc3ccc(OC)c(OCCOCC)c3)n2)ccc1C. The molecule has 3 N–H and O–H groups in total. The summed E-state index contributed by atoms with van der Waals surface area (Å²) >= 11 is 0. The first-order chi connectivity index (χ1) is 23.9. The summed E-state index contributed by atoms with van der Waals surface area (Å²) in [6.07, 6.45) is 0. The van der Waals surface area contributed by atoms with Crippen LogP contribution in [0.4, 0.5) is 34.9 Å². The molecule has 1 aromatic heterocycles. The number of nitrogens with one attached hydrogen (secondary N) is 3. The standard InChI is InChI=1S/C36H48N6O7/c1-7-44-16-19-47-31-22-27(12-10-25(31)4)37-34-40-35(38-28-13-11-26(5)32(23-28)48-20-17-45-8-2)42-36(41-34)39-29-14-15-30(43-6)33(24-29)49-21-18-46-9-3/h10-15,22-24H,7-9,16-21H2,1-6H3,(H3,37,38,39,40,41,42). The second-order valence-electron chi connectivity index (χ2n) is 10.6. The fourth-order valence-corrected chi connectivity index (χ4v) is 4.53. The molecule has 0 amide bonds. The van der Waals surface area contributed by atoms with Gasteiger partial charge in [0.05, 0.1) is 26.9 Å². The molecule has 13 nitrogen and oxygen atoms in total. The van der Waals surface area contributed by atoms with Crippen molar-refractivity contribution in [1.29, 1.82) is 0 Å². The average molecular weight is 677 g/mol. The molecular weight excluding hydrogens is 628 g/mol. The molecule has 1 heterocycles. The van der Waals surface area contributed by atoms with E-state index in [1.165, 1.54) is 0 Å². The minimum atomic E-state index is 0.297. The van der Waals surface area contributed by atoms with Gasteiger partial charge in [0.15, 0.2) is 11.5 Å². The Morgan fingerprint density at radius 1 is 0.469 bits per heavy atom. The molecule has 0 saturated carbocycles. The van der Waals surface area contributed by atoms with E-state index in [-0.39, 0.29) is 0 Å². The van der Waals surface area contributed by atoms with Gasteiger partial charge in [-0.1, -0.05) is 12.1 Å². The van der Waals surface area contributed by atoms with Gasteiger partial charge in [-0.3, -0.25) is 0 Å². The molecule has 0 unspecified atom stereocenters. The number of aryl methyl sites for hydroxylation is 2. The van der Waals surface area contributed by atoms with E-state index < -0.39 is 0 Å². The van der Waals surface area contributed by atoms with E-state index in [1.807, 2.05) is 89.2 Å². The largest absolute Gasteiger partial charge is 0.493 e. The number of nitrogens with zero attached hydrogens (tertiary/aromatic N) is 3. The summed E-state index contributed by atoms with van der Waals surface area (Å²) in [6, 6.07) is 17.1. The molecule has 0 spiro atoms. The first kappa shape index (κ1) is 37.0. The van der Waals surface area contributed by atoms with Gasteiger partial charge < -0.3 is 49.1 Å². The zero-order valence-electron chi connectivity index (χ0n) is 29.3. The van der Waals surface area contributed by atoms with Gasteiger partial charge in [-0.2, -0.15) is 15.0 Å². The lowest BCUT2D eigenvalue weighted by Gasteiger charge is -2.15. The Bertz CT molecular complexity index is 1520. The second-order valence-corrected chi connectivity index (χ2v) is 10.6. The highest BCUT2D eigenvalue weighted by Crippen LogP contribution is 2.32. The van der Waals surface area contributed by atoms with Crippen LogP contribution in [0.3, 0.4) is 0 Å². The van der Waals surface area contributed by atoms with Crippen LogP contribution in [-0.2, 0) is 14.2 Å². The summed E-state index contributed by atoms with van der Waals surface area (Å²) in [4.78, 5) is 14.0. The maximum atomic E-state index is 5.96. The molecule has 0 radical (unpaired) electrons. The zero-order valence-corrected chi connectivity index (χ0v) is 29.3. The highest BCUT2D eigenvalue weighted by atomic mass is 16.5. The van der Waals surface area contributed by atoms with E-state index in [2.05, 4.69) is 30.9 Å². The van der Waals surface area contributed by atoms with Gasteiger partial charge in [0.25, 0.3) is 0 Å². The van der Waals surface area contributed by atoms with Gasteiger partial charge in [0, 0.05) is 55.1 Å². The van der Waals surface area contributed by atoms with Crippen molar-refractivity contribution in [3.05, 3.63) is 65.7 Å². The molecule has 0 fully saturated rings. The van der Waals surface area contributed by atoms with Crippen molar-refractivity contribution in [2.24, 2.45) is 0 Å². The van der Waals surface area contributed by atoms with Crippen LogP contribution in [0.5, 0.6) is 23.0 Å². The number of hydrogen-bond donors (Lipinski definition) is 3. The van der Waals surface area contributed by atoms with Gasteiger partial charge >= 0.3 is 0 Å². The molecule has 264 valence electrons. The fourth-order valence-electron chi connectivity index (χ4n) is 4.53. The molecule has 0 aliphatic carbocycles. The Hall–Kier alpha value is -4.85. The van der Waals surface area contributed by atoms with Crippen molar-refractivity contribution in [3.63, 3.8) is 0 Å². The highest BCUT2D eigenvalue weighted by molar-refractivity contribution is 5.65. The normalized spacial score (nSPS) is 10.8. The van der Waals surface area contributed by atoms with Crippen LogP contribution in [0, 0.1) is 13.8 Å². The molecular formula is C36H48N6O7. The third-order valence-electron chi connectivity index (χ3n) is 7.01.